The summed E-state index contributed by atoms with van der Waals surface area (Å²) in [6.07, 6.45) is 1.44. The van der Waals surface area contributed by atoms with E-state index in [-0.39, 0.29) is 4.90 Å². The minimum Gasteiger partial charge on any atom is -0.493 e. The molecule has 144 valence electrons. The number of benzene rings is 2. The maximum atomic E-state index is 13.0. The average Bonchev–Trinajstić information content (AvgIpc) is 3.46. The Morgan fingerprint density at radius 1 is 0.926 bits per heavy atom. The van der Waals surface area contributed by atoms with E-state index in [4.69, 9.17) is 18.9 Å². The number of nitrogens with one attached hydrogen (secondary N) is 1. The first-order valence-electron chi connectivity index (χ1n) is 8.64. The highest BCUT2D eigenvalue weighted by atomic mass is 32.2. The smallest absolute Gasteiger partial charge is 0.241 e. The van der Waals surface area contributed by atoms with Gasteiger partial charge in [-0.25, -0.2) is 13.1 Å². The lowest BCUT2D eigenvalue weighted by atomic mass is 10.1. The van der Waals surface area contributed by atoms with Crippen LogP contribution in [-0.4, -0.2) is 35.9 Å². The standard InChI is InChI=1S/C19H21NO6S/c1-23-15-6-4-14(12-17(15)24-2)27(21,22)20-19(7-8-19)13-3-5-16-18(11-13)26-10-9-25-16/h3-6,11-12,20H,7-10H2,1-2H3. The summed E-state index contributed by atoms with van der Waals surface area (Å²) in [4.78, 5) is 0.129. The zero-order valence-corrected chi connectivity index (χ0v) is 16.0. The van der Waals surface area contributed by atoms with Crippen molar-refractivity contribution in [2.75, 3.05) is 27.4 Å². The van der Waals surface area contributed by atoms with Gasteiger partial charge in [0.1, 0.15) is 13.2 Å². The van der Waals surface area contributed by atoms with Crippen molar-refractivity contribution in [2.24, 2.45) is 0 Å². The van der Waals surface area contributed by atoms with E-state index in [1.165, 1.54) is 26.4 Å². The molecule has 27 heavy (non-hydrogen) atoms. The van der Waals surface area contributed by atoms with E-state index in [1.54, 1.807) is 6.07 Å². The monoisotopic (exact) mass is 391 g/mol. The number of ether oxygens (including phenoxy) is 4. The highest BCUT2D eigenvalue weighted by Crippen LogP contribution is 2.49. The zero-order chi connectivity index (χ0) is 19.1. The van der Waals surface area contributed by atoms with E-state index >= 15 is 0 Å². The van der Waals surface area contributed by atoms with E-state index < -0.39 is 15.6 Å². The maximum Gasteiger partial charge on any atom is 0.241 e. The quantitative estimate of drug-likeness (QED) is 0.814. The van der Waals surface area contributed by atoms with Crippen LogP contribution in [0.4, 0.5) is 0 Å². The molecule has 0 radical (unpaired) electrons. The third-order valence-corrected chi connectivity index (χ3v) is 6.37. The molecule has 4 rings (SSSR count). The molecule has 1 N–H and O–H groups in total. The molecule has 0 amide bonds. The Balaban J connectivity index is 1.63. The van der Waals surface area contributed by atoms with Crippen LogP contribution in [0.2, 0.25) is 0 Å². The maximum absolute atomic E-state index is 13.0. The van der Waals surface area contributed by atoms with Crippen LogP contribution in [0, 0.1) is 0 Å². The molecule has 7 nitrogen and oxygen atoms in total. The van der Waals surface area contributed by atoms with Crippen LogP contribution in [0.3, 0.4) is 0 Å². The van der Waals surface area contributed by atoms with Gasteiger partial charge in [-0.2, -0.15) is 0 Å². The highest BCUT2D eigenvalue weighted by molar-refractivity contribution is 7.89. The second-order valence-electron chi connectivity index (χ2n) is 6.56. The lowest BCUT2D eigenvalue weighted by Gasteiger charge is -2.23. The third-order valence-electron chi connectivity index (χ3n) is 4.84. The summed E-state index contributed by atoms with van der Waals surface area (Å²) in [6.45, 7) is 1.00. The summed E-state index contributed by atoms with van der Waals surface area (Å²) in [5.41, 5.74) is 0.248. The second kappa shape index (κ2) is 6.61. The van der Waals surface area contributed by atoms with Gasteiger partial charge < -0.3 is 18.9 Å². The largest absolute Gasteiger partial charge is 0.493 e. The number of sulfonamides is 1. The van der Waals surface area contributed by atoms with E-state index in [0.29, 0.717) is 36.2 Å². The first-order chi connectivity index (χ1) is 13.0. The van der Waals surface area contributed by atoms with Crippen LogP contribution in [0.15, 0.2) is 41.3 Å². The normalized spacial score (nSPS) is 17.3. The van der Waals surface area contributed by atoms with Gasteiger partial charge >= 0.3 is 0 Å². The van der Waals surface area contributed by atoms with Crippen LogP contribution < -0.4 is 23.7 Å². The molecule has 1 fully saturated rings. The molecule has 1 saturated carbocycles. The van der Waals surface area contributed by atoms with Gasteiger partial charge in [0.05, 0.1) is 24.7 Å². The van der Waals surface area contributed by atoms with Crippen LogP contribution in [0.1, 0.15) is 18.4 Å². The number of hydrogen-bond donors (Lipinski definition) is 1. The predicted molar refractivity (Wildman–Crippen MR) is 98.2 cm³/mol. The lowest BCUT2D eigenvalue weighted by molar-refractivity contribution is 0.171. The van der Waals surface area contributed by atoms with Crippen molar-refractivity contribution in [3.8, 4) is 23.0 Å². The zero-order valence-electron chi connectivity index (χ0n) is 15.2. The van der Waals surface area contributed by atoms with Crippen LogP contribution in [0.5, 0.6) is 23.0 Å². The van der Waals surface area contributed by atoms with Crippen molar-refractivity contribution in [2.45, 2.75) is 23.3 Å². The molecule has 0 bridgehead atoms. The fraction of sp³-hybridized carbons (Fsp3) is 0.368. The molecule has 2 aromatic rings. The Kier molecular flexibility index (Phi) is 4.39. The molecule has 2 aromatic carbocycles. The molecule has 8 heteroatoms. The molecule has 1 heterocycles. The molecule has 1 aliphatic heterocycles. The Bertz CT molecular complexity index is 968. The minimum absolute atomic E-state index is 0.129. The molecular formula is C19H21NO6S. The summed E-state index contributed by atoms with van der Waals surface area (Å²) < 4.78 is 50.3. The van der Waals surface area contributed by atoms with Crippen molar-refractivity contribution in [3.05, 3.63) is 42.0 Å². The molecule has 2 aliphatic rings. The van der Waals surface area contributed by atoms with E-state index in [2.05, 4.69) is 4.72 Å². The van der Waals surface area contributed by atoms with Gasteiger partial charge in [-0.05, 0) is 42.7 Å². The van der Waals surface area contributed by atoms with Crippen molar-refractivity contribution >= 4 is 10.0 Å². The molecule has 0 unspecified atom stereocenters. The van der Waals surface area contributed by atoms with Gasteiger partial charge in [0, 0.05) is 6.07 Å². The Labute approximate surface area is 158 Å². The van der Waals surface area contributed by atoms with Gasteiger partial charge in [0.15, 0.2) is 23.0 Å². The minimum atomic E-state index is -3.74. The first kappa shape index (κ1) is 17.9. The molecule has 0 saturated heterocycles. The van der Waals surface area contributed by atoms with Gasteiger partial charge in [0.25, 0.3) is 0 Å². The SMILES string of the molecule is COc1ccc(S(=O)(=O)NC2(c3ccc4c(c3)OCCO4)CC2)cc1OC. The Hall–Kier alpha value is -2.45. The van der Waals surface area contributed by atoms with Crippen LogP contribution >= 0.6 is 0 Å². The summed E-state index contributed by atoms with van der Waals surface area (Å²) >= 11 is 0. The second-order valence-corrected chi connectivity index (χ2v) is 8.25. The Morgan fingerprint density at radius 2 is 1.63 bits per heavy atom. The van der Waals surface area contributed by atoms with E-state index in [0.717, 1.165) is 18.4 Å². The fourth-order valence-corrected chi connectivity index (χ4v) is 4.68. The lowest BCUT2D eigenvalue weighted by Crippen LogP contribution is -2.35. The summed E-state index contributed by atoms with van der Waals surface area (Å²) in [7, 11) is -0.763. The first-order valence-corrected chi connectivity index (χ1v) is 10.1. The highest BCUT2D eigenvalue weighted by Gasteiger charge is 2.48. The molecule has 0 atom stereocenters. The van der Waals surface area contributed by atoms with Crippen LogP contribution in [0.25, 0.3) is 0 Å². The number of methoxy groups -OCH3 is 2. The van der Waals surface area contributed by atoms with Crippen molar-refractivity contribution < 1.29 is 27.4 Å². The van der Waals surface area contributed by atoms with Gasteiger partial charge in [-0.3, -0.25) is 0 Å². The third kappa shape index (κ3) is 3.30. The molecular weight excluding hydrogens is 370 g/mol. The van der Waals surface area contributed by atoms with Crippen LogP contribution in [-0.2, 0) is 15.6 Å². The number of rotatable bonds is 6. The average molecular weight is 391 g/mol. The van der Waals surface area contributed by atoms with Crippen molar-refractivity contribution in [1.29, 1.82) is 0 Å². The van der Waals surface area contributed by atoms with E-state index in [1.807, 2.05) is 18.2 Å². The molecule has 1 aliphatic carbocycles. The number of hydrogen-bond acceptors (Lipinski definition) is 6. The summed E-state index contributed by atoms with van der Waals surface area (Å²) in [5.74, 6) is 2.17. The predicted octanol–water partition coefficient (Wildman–Crippen LogP) is 2.44. The summed E-state index contributed by atoms with van der Waals surface area (Å²) in [6, 6.07) is 10.1. The molecule has 0 spiro atoms. The molecule has 0 aromatic heterocycles. The van der Waals surface area contributed by atoms with Gasteiger partial charge in [-0.1, -0.05) is 6.07 Å². The van der Waals surface area contributed by atoms with E-state index in [9.17, 15) is 8.42 Å². The Morgan fingerprint density at radius 3 is 2.30 bits per heavy atom. The van der Waals surface area contributed by atoms with Gasteiger partial charge in [-0.15, -0.1) is 0 Å². The van der Waals surface area contributed by atoms with Gasteiger partial charge in [0.2, 0.25) is 10.0 Å². The summed E-state index contributed by atoms with van der Waals surface area (Å²) in [5, 5.41) is 0. The fourth-order valence-electron chi connectivity index (χ4n) is 3.22. The van der Waals surface area contributed by atoms with Crippen molar-refractivity contribution in [3.63, 3.8) is 0 Å². The number of fused-ring (bicyclic) bond motifs is 1. The van der Waals surface area contributed by atoms with Crippen molar-refractivity contribution in [1.82, 2.24) is 4.72 Å². The topological polar surface area (TPSA) is 83.1 Å².